The van der Waals surface area contributed by atoms with Crippen molar-refractivity contribution in [1.29, 1.82) is 0 Å². The number of nitrogens with one attached hydrogen (secondary N) is 2. The number of amides is 4. The third kappa shape index (κ3) is 3.26. The molecule has 0 bridgehead atoms. The van der Waals surface area contributed by atoms with Crippen LogP contribution in [0.3, 0.4) is 0 Å². The number of hydrogen-bond acceptors (Lipinski definition) is 6. The van der Waals surface area contributed by atoms with E-state index >= 15 is 0 Å². The fraction of sp³-hybridized carbons (Fsp3) is 0.474. The smallest absolute Gasteiger partial charge is 0.262 e. The van der Waals surface area contributed by atoms with Gasteiger partial charge in [-0.1, -0.05) is 12.1 Å². The predicted molar refractivity (Wildman–Crippen MR) is 95.5 cm³/mol. The average Bonchev–Trinajstić information content (AvgIpc) is 3.45. The number of carbonyl (C=O) groups excluding carboxylic acids is 4. The molecule has 4 N–H and O–H groups in total. The van der Waals surface area contributed by atoms with E-state index in [1.165, 1.54) is 0 Å². The molecular formula is C19H22N4O4. The second-order valence-electron chi connectivity index (χ2n) is 7.42. The molecule has 1 aromatic rings. The van der Waals surface area contributed by atoms with Crippen LogP contribution in [0.15, 0.2) is 18.2 Å². The Bertz CT molecular complexity index is 833. The van der Waals surface area contributed by atoms with Gasteiger partial charge < -0.3 is 11.1 Å². The summed E-state index contributed by atoms with van der Waals surface area (Å²) in [5.41, 5.74) is 7.43. The molecule has 1 saturated heterocycles. The highest BCUT2D eigenvalue weighted by Crippen LogP contribution is 2.32. The molecule has 2 unspecified atom stereocenters. The van der Waals surface area contributed by atoms with Gasteiger partial charge in [-0.05, 0) is 36.8 Å². The number of nitrogens with two attached hydrogens (primary N) is 1. The van der Waals surface area contributed by atoms with Crippen LogP contribution in [0.25, 0.3) is 0 Å². The van der Waals surface area contributed by atoms with Crippen molar-refractivity contribution in [3.8, 4) is 0 Å². The molecule has 8 heteroatoms. The Balaban J connectivity index is 1.52. The van der Waals surface area contributed by atoms with Crippen molar-refractivity contribution >= 4 is 23.6 Å². The monoisotopic (exact) mass is 370 g/mol. The van der Waals surface area contributed by atoms with Gasteiger partial charge in [-0.2, -0.15) is 0 Å². The van der Waals surface area contributed by atoms with Crippen LogP contribution in [-0.4, -0.2) is 47.2 Å². The first kappa shape index (κ1) is 17.8. The van der Waals surface area contributed by atoms with E-state index in [-0.39, 0.29) is 24.8 Å². The lowest BCUT2D eigenvalue weighted by Gasteiger charge is -2.27. The summed E-state index contributed by atoms with van der Waals surface area (Å²) in [6, 6.07) is 4.28. The molecule has 4 rings (SSSR count). The lowest BCUT2D eigenvalue weighted by atomic mass is 10.0. The second kappa shape index (κ2) is 6.86. The van der Waals surface area contributed by atoms with Crippen molar-refractivity contribution < 1.29 is 19.2 Å². The summed E-state index contributed by atoms with van der Waals surface area (Å²) in [6.07, 6.45) is 2.59. The maximum Gasteiger partial charge on any atom is 0.262 e. The normalized spacial score (nSPS) is 23.4. The zero-order valence-corrected chi connectivity index (χ0v) is 14.9. The van der Waals surface area contributed by atoms with E-state index in [4.69, 9.17) is 5.73 Å². The van der Waals surface area contributed by atoms with E-state index in [2.05, 4.69) is 10.6 Å². The maximum absolute atomic E-state index is 13.0. The third-order valence-corrected chi connectivity index (χ3v) is 5.48. The van der Waals surface area contributed by atoms with Crippen molar-refractivity contribution in [3.05, 3.63) is 34.9 Å². The summed E-state index contributed by atoms with van der Waals surface area (Å²) in [5, 5.41) is 5.47. The standard InChI is InChI=1S/C19H22N4O4/c20-13(10-4-5-10)9-21-8-11-2-1-3-12-16(11)19(27)23(18(12)26)14-6-7-15(24)22-17(14)25/h1-3,10,13-14,21H,4-9,20H2,(H,22,24,25). The molecule has 0 aromatic heterocycles. The summed E-state index contributed by atoms with van der Waals surface area (Å²) < 4.78 is 0. The number of nitrogens with zero attached hydrogens (tertiary/aromatic N) is 1. The van der Waals surface area contributed by atoms with Gasteiger partial charge in [-0.25, -0.2) is 0 Å². The summed E-state index contributed by atoms with van der Waals surface area (Å²) in [6.45, 7) is 1.07. The molecule has 0 spiro atoms. The van der Waals surface area contributed by atoms with Gasteiger partial charge in [0.2, 0.25) is 11.8 Å². The Morgan fingerprint density at radius 1 is 1.15 bits per heavy atom. The first-order valence-corrected chi connectivity index (χ1v) is 9.27. The minimum atomic E-state index is -0.945. The average molecular weight is 370 g/mol. The van der Waals surface area contributed by atoms with Crippen LogP contribution in [0.4, 0.5) is 0 Å². The van der Waals surface area contributed by atoms with E-state index < -0.39 is 23.8 Å². The largest absolute Gasteiger partial charge is 0.326 e. The van der Waals surface area contributed by atoms with Gasteiger partial charge in [0.25, 0.3) is 11.8 Å². The molecule has 27 heavy (non-hydrogen) atoms. The fourth-order valence-corrected chi connectivity index (χ4v) is 3.80. The van der Waals surface area contributed by atoms with Crippen LogP contribution >= 0.6 is 0 Å². The number of piperidine rings is 1. The number of fused-ring (bicyclic) bond motifs is 1. The Labute approximate surface area is 156 Å². The molecule has 2 atom stereocenters. The Morgan fingerprint density at radius 2 is 1.93 bits per heavy atom. The van der Waals surface area contributed by atoms with Crippen LogP contribution in [0.5, 0.6) is 0 Å². The van der Waals surface area contributed by atoms with E-state index in [0.29, 0.717) is 35.7 Å². The zero-order chi connectivity index (χ0) is 19.1. The fourth-order valence-electron chi connectivity index (χ4n) is 3.80. The minimum absolute atomic E-state index is 0.0964. The van der Waals surface area contributed by atoms with Gasteiger partial charge >= 0.3 is 0 Å². The topological polar surface area (TPSA) is 122 Å². The van der Waals surface area contributed by atoms with E-state index in [9.17, 15) is 19.2 Å². The van der Waals surface area contributed by atoms with Gasteiger partial charge in [0, 0.05) is 25.6 Å². The van der Waals surface area contributed by atoms with Crippen LogP contribution in [0.2, 0.25) is 0 Å². The summed E-state index contributed by atoms with van der Waals surface area (Å²) >= 11 is 0. The van der Waals surface area contributed by atoms with Crippen molar-refractivity contribution in [1.82, 2.24) is 15.5 Å². The van der Waals surface area contributed by atoms with E-state index in [0.717, 1.165) is 17.7 Å². The van der Waals surface area contributed by atoms with Crippen molar-refractivity contribution in [3.63, 3.8) is 0 Å². The van der Waals surface area contributed by atoms with Gasteiger partial charge in [0.1, 0.15) is 6.04 Å². The number of carbonyl (C=O) groups is 4. The third-order valence-electron chi connectivity index (χ3n) is 5.48. The van der Waals surface area contributed by atoms with Crippen LogP contribution in [-0.2, 0) is 16.1 Å². The van der Waals surface area contributed by atoms with Crippen LogP contribution < -0.4 is 16.4 Å². The van der Waals surface area contributed by atoms with Gasteiger partial charge in [0.15, 0.2) is 0 Å². The van der Waals surface area contributed by atoms with Crippen molar-refractivity contribution in [2.45, 2.75) is 44.3 Å². The summed E-state index contributed by atoms with van der Waals surface area (Å²) in [7, 11) is 0. The number of rotatable bonds is 6. The highest BCUT2D eigenvalue weighted by Gasteiger charge is 2.45. The van der Waals surface area contributed by atoms with Crippen LogP contribution in [0, 0.1) is 5.92 Å². The first-order valence-electron chi connectivity index (χ1n) is 9.27. The Morgan fingerprint density at radius 3 is 2.63 bits per heavy atom. The molecule has 2 fully saturated rings. The molecule has 0 radical (unpaired) electrons. The van der Waals surface area contributed by atoms with E-state index in [1.807, 2.05) is 0 Å². The maximum atomic E-state index is 13.0. The molecule has 2 aliphatic heterocycles. The predicted octanol–water partition coefficient (Wildman–Crippen LogP) is -0.0853. The van der Waals surface area contributed by atoms with Gasteiger partial charge in [0.05, 0.1) is 11.1 Å². The first-order chi connectivity index (χ1) is 13.0. The Hall–Kier alpha value is -2.58. The van der Waals surface area contributed by atoms with Gasteiger partial charge in [-0.15, -0.1) is 0 Å². The zero-order valence-electron chi connectivity index (χ0n) is 14.9. The molecule has 2 heterocycles. The molecule has 1 aromatic carbocycles. The van der Waals surface area contributed by atoms with E-state index in [1.54, 1.807) is 18.2 Å². The molecule has 142 valence electrons. The Kier molecular flexibility index (Phi) is 4.53. The SMILES string of the molecule is NC(CNCc1cccc2c1C(=O)N(C1CCC(=O)NC1=O)C2=O)C1CC1. The number of benzene rings is 1. The van der Waals surface area contributed by atoms with Crippen molar-refractivity contribution in [2.75, 3.05) is 6.54 Å². The highest BCUT2D eigenvalue weighted by atomic mass is 16.2. The molecule has 1 saturated carbocycles. The second-order valence-corrected chi connectivity index (χ2v) is 7.42. The lowest BCUT2D eigenvalue weighted by molar-refractivity contribution is -0.136. The molecule has 8 nitrogen and oxygen atoms in total. The molecule has 1 aliphatic carbocycles. The number of imide groups is 2. The van der Waals surface area contributed by atoms with Gasteiger partial charge in [-0.3, -0.25) is 29.4 Å². The number of hydrogen-bond donors (Lipinski definition) is 3. The highest BCUT2D eigenvalue weighted by molar-refractivity contribution is 6.24. The molecular weight excluding hydrogens is 348 g/mol. The lowest BCUT2D eigenvalue weighted by Crippen LogP contribution is -2.54. The summed E-state index contributed by atoms with van der Waals surface area (Å²) in [4.78, 5) is 50.2. The summed E-state index contributed by atoms with van der Waals surface area (Å²) in [5.74, 6) is -1.37. The van der Waals surface area contributed by atoms with Crippen molar-refractivity contribution in [2.24, 2.45) is 11.7 Å². The van der Waals surface area contributed by atoms with Crippen LogP contribution in [0.1, 0.15) is 52.0 Å². The molecule has 3 aliphatic rings. The quantitative estimate of drug-likeness (QED) is 0.602. The minimum Gasteiger partial charge on any atom is -0.326 e. The molecule has 4 amide bonds.